The molecule has 0 aliphatic heterocycles. The third kappa shape index (κ3) is 5.59. The fourth-order valence-electron chi connectivity index (χ4n) is 2.86. The second-order valence-corrected chi connectivity index (χ2v) is 6.45. The minimum absolute atomic E-state index is 0.622. The molecule has 0 aliphatic rings. The van der Waals surface area contributed by atoms with Crippen molar-refractivity contribution >= 4 is 0 Å². The van der Waals surface area contributed by atoms with E-state index in [9.17, 15) is 0 Å². The monoisotopic (exact) mass is 366 g/mol. The number of rotatable bonds is 10. The summed E-state index contributed by atoms with van der Waals surface area (Å²) >= 11 is 0. The molecule has 3 aromatic rings. The number of methoxy groups -OCH3 is 1. The molecule has 0 bridgehead atoms. The predicted octanol–water partition coefficient (Wildman–Crippen LogP) is 4.29. The molecule has 142 valence electrons. The van der Waals surface area contributed by atoms with Crippen molar-refractivity contribution in [1.82, 2.24) is 10.1 Å². The number of benzene rings is 2. The highest BCUT2D eigenvalue weighted by atomic mass is 16.5. The lowest BCUT2D eigenvalue weighted by Gasteiger charge is -2.17. The van der Waals surface area contributed by atoms with Gasteiger partial charge in [0, 0.05) is 24.6 Å². The fourth-order valence-corrected chi connectivity index (χ4v) is 2.86. The largest absolute Gasteiger partial charge is 0.493 e. The van der Waals surface area contributed by atoms with Crippen molar-refractivity contribution in [3.05, 3.63) is 66.4 Å². The van der Waals surface area contributed by atoms with Gasteiger partial charge in [-0.2, -0.15) is 0 Å². The summed E-state index contributed by atoms with van der Waals surface area (Å²) in [6, 6.07) is 19.8. The molecule has 2 aromatic carbocycles. The quantitative estimate of drug-likeness (QED) is 0.536. The topological polar surface area (TPSA) is 47.7 Å². The Labute approximate surface area is 160 Å². The van der Waals surface area contributed by atoms with Gasteiger partial charge in [-0.05, 0) is 32.1 Å². The number of para-hydroxylation sites is 2. The van der Waals surface area contributed by atoms with Crippen molar-refractivity contribution in [2.45, 2.75) is 12.8 Å². The normalized spacial score (nSPS) is 10.9. The molecule has 0 fully saturated rings. The predicted molar refractivity (Wildman–Crippen MR) is 106 cm³/mol. The van der Waals surface area contributed by atoms with Crippen LogP contribution in [0.4, 0.5) is 0 Å². The van der Waals surface area contributed by atoms with Crippen LogP contribution in [0.5, 0.6) is 11.5 Å². The van der Waals surface area contributed by atoms with Crippen molar-refractivity contribution in [1.29, 1.82) is 0 Å². The van der Waals surface area contributed by atoms with Crippen LogP contribution >= 0.6 is 0 Å². The van der Waals surface area contributed by atoms with E-state index in [0.717, 1.165) is 54.4 Å². The molecule has 0 spiro atoms. The first kappa shape index (κ1) is 19.0. The number of likely N-dealkylation sites (N-methyl/N-ethyl adjacent to an activating group) is 1. The number of aromatic nitrogens is 1. The van der Waals surface area contributed by atoms with E-state index in [4.69, 9.17) is 14.0 Å². The van der Waals surface area contributed by atoms with Gasteiger partial charge in [-0.25, -0.2) is 0 Å². The number of aryl methyl sites for hydroxylation is 1. The Morgan fingerprint density at radius 2 is 1.70 bits per heavy atom. The van der Waals surface area contributed by atoms with Gasteiger partial charge < -0.3 is 18.9 Å². The summed E-state index contributed by atoms with van der Waals surface area (Å²) in [4.78, 5) is 2.25. The Balaban J connectivity index is 1.37. The lowest BCUT2D eigenvalue weighted by atomic mass is 10.1. The maximum Gasteiger partial charge on any atom is 0.161 e. The van der Waals surface area contributed by atoms with Gasteiger partial charge in [-0.15, -0.1) is 0 Å². The van der Waals surface area contributed by atoms with E-state index in [-0.39, 0.29) is 0 Å². The Morgan fingerprint density at radius 1 is 0.963 bits per heavy atom. The molecule has 27 heavy (non-hydrogen) atoms. The van der Waals surface area contributed by atoms with Crippen LogP contribution in [0.2, 0.25) is 0 Å². The molecule has 3 rings (SSSR count). The van der Waals surface area contributed by atoms with Crippen LogP contribution < -0.4 is 9.47 Å². The van der Waals surface area contributed by atoms with Crippen molar-refractivity contribution in [3.8, 4) is 22.8 Å². The third-order valence-electron chi connectivity index (χ3n) is 4.39. The van der Waals surface area contributed by atoms with Crippen LogP contribution in [0.1, 0.15) is 12.2 Å². The minimum atomic E-state index is 0.622. The summed E-state index contributed by atoms with van der Waals surface area (Å²) in [7, 11) is 3.75. The second-order valence-electron chi connectivity index (χ2n) is 6.45. The zero-order chi connectivity index (χ0) is 18.9. The van der Waals surface area contributed by atoms with Gasteiger partial charge in [0.1, 0.15) is 18.1 Å². The SMILES string of the molecule is COc1ccccc1OCCN(C)CCCc1cc(-c2ccccc2)no1. The average Bonchev–Trinajstić information content (AvgIpc) is 3.18. The first-order valence-corrected chi connectivity index (χ1v) is 9.21. The standard InChI is InChI=1S/C22H26N2O3/c1-24(15-16-26-22-13-7-6-12-21(22)25-2)14-8-11-19-17-20(23-27-19)18-9-4-3-5-10-18/h3-7,9-10,12-13,17H,8,11,14-16H2,1-2H3. The van der Waals surface area contributed by atoms with Crippen LogP contribution in [0.3, 0.4) is 0 Å². The lowest BCUT2D eigenvalue weighted by molar-refractivity contribution is 0.227. The molecule has 0 saturated heterocycles. The van der Waals surface area contributed by atoms with E-state index in [1.165, 1.54) is 0 Å². The molecule has 5 nitrogen and oxygen atoms in total. The van der Waals surface area contributed by atoms with Crippen LogP contribution in [-0.2, 0) is 6.42 Å². The molecule has 0 unspecified atom stereocenters. The second kappa shape index (κ2) is 9.78. The van der Waals surface area contributed by atoms with E-state index in [1.807, 2.05) is 60.7 Å². The Kier molecular flexibility index (Phi) is 6.88. The molecule has 5 heteroatoms. The summed E-state index contributed by atoms with van der Waals surface area (Å²) in [6.07, 6.45) is 1.88. The van der Waals surface area contributed by atoms with Gasteiger partial charge in [0.25, 0.3) is 0 Å². The smallest absolute Gasteiger partial charge is 0.161 e. The Morgan fingerprint density at radius 3 is 2.48 bits per heavy atom. The molecule has 0 amide bonds. The van der Waals surface area contributed by atoms with Gasteiger partial charge >= 0.3 is 0 Å². The Hall–Kier alpha value is -2.79. The van der Waals surface area contributed by atoms with Crippen molar-refractivity contribution in [2.24, 2.45) is 0 Å². The van der Waals surface area contributed by atoms with Crippen molar-refractivity contribution in [2.75, 3.05) is 33.9 Å². The van der Waals surface area contributed by atoms with Gasteiger partial charge in [0.05, 0.1) is 7.11 Å². The first-order chi connectivity index (χ1) is 13.3. The highest BCUT2D eigenvalue weighted by Crippen LogP contribution is 2.25. The zero-order valence-electron chi connectivity index (χ0n) is 15.9. The number of ether oxygens (including phenoxy) is 2. The van der Waals surface area contributed by atoms with Gasteiger partial charge in [0.15, 0.2) is 11.5 Å². The summed E-state index contributed by atoms with van der Waals surface area (Å²) in [5.74, 6) is 2.47. The average molecular weight is 366 g/mol. The molecule has 0 saturated carbocycles. The van der Waals surface area contributed by atoms with Crippen molar-refractivity contribution < 1.29 is 14.0 Å². The molecule has 0 N–H and O–H groups in total. The molecule has 0 radical (unpaired) electrons. The maximum absolute atomic E-state index is 5.82. The van der Waals surface area contributed by atoms with Crippen molar-refractivity contribution in [3.63, 3.8) is 0 Å². The molecule has 0 atom stereocenters. The lowest BCUT2D eigenvalue weighted by Crippen LogP contribution is -2.25. The third-order valence-corrected chi connectivity index (χ3v) is 4.39. The molecule has 0 aliphatic carbocycles. The molecular weight excluding hydrogens is 340 g/mol. The maximum atomic E-state index is 5.82. The first-order valence-electron chi connectivity index (χ1n) is 9.21. The molecule has 1 heterocycles. The fraction of sp³-hybridized carbons (Fsp3) is 0.318. The van der Waals surface area contributed by atoms with Gasteiger partial charge in [0.2, 0.25) is 0 Å². The summed E-state index contributed by atoms with van der Waals surface area (Å²) in [6.45, 7) is 2.44. The van der Waals surface area contributed by atoms with Crippen LogP contribution in [0.25, 0.3) is 11.3 Å². The number of hydrogen-bond acceptors (Lipinski definition) is 5. The van der Waals surface area contributed by atoms with E-state index < -0.39 is 0 Å². The summed E-state index contributed by atoms with van der Waals surface area (Å²) in [5, 5.41) is 4.16. The minimum Gasteiger partial charge on any atom is -0.493 e. The van der Waals surface area contributed by atoms with Gasteiger partial charge in [-0.3, -0.25) is 0 Å². The van der Waals surface area contributed by atoms with E-state index >= 15 is 0 Å². The van der Waals surface area contributed by atoms with E-state index in [2.05, 4.69) is 17.1 Å². The van der Waals surface area contributed by atoms with E-state index in [0.29, 0.717) is 6.61 Å². The van der Waals surface area contributed by atoms with Gasteiger partial charge in [-0.1, -0.05) is 47.6 Å². The van der Waals surface area contributed by atoms with E-state index in [1.54, 1.807) is 7.11 Å². The molecular formula is C22H26N2O3. The number of nitrogens with zero attached hydrogens (tertiary/aromatic N) is 2. The summed E-state index contributed by atoms with van der Waals surface area (Å²) in [5.41, 5.74) is 1.97. The highest BCUT2D eigenvalue weighted by molar-refractivity contribution is 5.58. The Bertz CT molecular complexity index is 817. The highest BCUT2D eigenvalue weighted by Gasteiger charge is 2.07. The number of hydrogen-bond donors (Lipinski definition) is 0. The van der Waals surface area contributed by atoms with Crippen LogP contribution in [-0.4, -0.2) is 43.9 Å². The molecule has 1 aromatic heterocycles. The van der Waals surface area contributed by atoms with Crippen LogP contribution in [0.15, 0.2) is 65.2 Å². The van der Waals surface area contributed by atoms with Crippen LogP contribution in [0, 0.1) is 0 Å². The summed E-state index contributed by atoms with van der Waals surface area (Å²) < 4.78 is 16.6. The zero-order valence-corrected chi connectivity index (χ0v) is 15.9.